The van der Waals surface area contributed by atoms with Crippen LogP contribution in [0.3, 0.4) is 0 Å². The van der Waals surface area contributed by atoms with E-state index in [1.165, 1.54) is 24.0 Å². The summed E-state index contributed by atoms with van der Waals surface area (Å²) < 4.78 is 1.99. The summed E-state index contributed by atoms with van der Waals surface area (Å²) in [5.74, 6) is 0. The largest absolute Gasteiger partial charge is 0.399 e. The first-order valence-corrected chi connectivity index (χ1v) is 7.34. The van der Waals surface area contributed by atoms with Crippen molar-refractivity contribution < 1.29 is 0 Å². The summed E-state index contributed by atoms with van der Waals surface area (Å²) in [6.45, 7) is 4.98. The zero-order valence-electron chi connectivity index (χ0n) is 12.0. The third-order valence-electron chi connectivity index (χ3n) is 3.80. The Morgan fingerprint density at radius 1 is 1.30 bits per heavy atom. The van der Waals surface area contributed by atoms with E-state index in [4.69, 9.17) is 5.73 Å². The highest BCUT2D eigenvalue weighted by Crippen LogP contribution is 2.30. The minimum atomic E-state index is 0.724. The van der Waals surface area contributed by atoms with Gasteiger partial charge >= 0.3 is 0 Å². The van der Waals surface area contributed by atoms with Crippen molar-refractivity contribution in [2.75, 3.05) is 5.73 Å². The molecule has 0 saturated heterocycles. The first kappa shape index (κ1) is 13.2. The molecular weight excluding hydrogens is 248 g/mol. The zero-order chi connectivity index (χ0) is 13.9. The second kappa shape index (κ2) is 5.67. The number of nitrogen functional groups attached to an aromatic ring is 1. The normalized spacial score (nSPS) is 14.9. The molecule has 0 amide bonds. The Labute approximate surface area is 120 Å². The lowest BCUT2D eigenvalue weighted by atomic mass is 10.2. The van der Waals surface area contributed by atoms with Crippen LogP contribution in [-0.2, 0) is 19.6 Å². The molecule has 1 heterocycles. The first-order chi connectivity index (χ1) is 9.74. The molecule has 1 aromatic heterocycles. The molecule has 106 valence electrons. The van der Waals surface area contributed by atoms with Crippen LogP contribution in [0, 0.1) is 0 Å². The van der Waals surface area contributed by atoms with Gasteiger partial charge in [-0.1, -0.05) is 12.1 Å². The molecule has 3 rings (SSSR count). The molecule has 2 N–H and O–H groups in total. The van der Waals surface area contributed by atoms with E-state index in [0.29, 0.717) is 0 Å². The minimum Gasteiger partial charge on any atom is -0.399 e. The van der Waals surface area contributed by atoms with Crippen LogP contribution in [0.1, 0.15) is 30.9 Å². The maximum absolute atomic E-state index is 5.87. The van der Waals surface area contributed by atoms with Gasteiger partial charge < -0.3 is 5.73 Å². The average Bonchev–Trinajstić information content (AvgIpc) is 3.19. The van der Waals surface area contributed by atoms with Gasteiger partial charge in [0.05, 0.1) is 6.20 Å². The number of nitrogens with zero attached hydrogens (tertiary/aromatic N) is 3. The van der Waals surface area contributed by atoms with Crippen LogP contribution in [0.25, 0.3) is 0 Å². The Hall–Kier alpha value is -1.81. The van der Waals surface area contributed by atoms with Crippen LogP contribution in [0.5, 0.6) is 0 Å². The highest BCUT2D eigenvalue weighted by molar-refractivity contribution is 5.40. The van der Waals surface area contributed by atoms with Crippen molar-refractivity contribution in [3.8, 4) is 0 Å². The van der Waals surface area contributed by atoms with Gasteiger partial charge in [0, 0.05) is 43.1 Å². The van der Waals surface area contributed by atoms with Gasteiger partial charge in [-0.15, -0.1) is 0 Å². The van der Waals surface area contributed by atoms with Crippen molar-refractivity contribution in [2.24, 2.45) is 0 Å². The molecule has 1 saturated carbocycles. The molecule has 4 nitrogen and oxygen atoms in total. The molecule has 2 aromatic rings. The van der Waals surface area contributed by atoms with Crippen molar-refractivity contribution in [2.45, 2.75) is 45.4 Å². The summed E-state index contributed by atoms with van der Waals surface area (Å²) in [5.41, 5.74) is 9.30. The topological polar surface area (TPSA) is 47.1 Å². The SMILES string of the molecule is CCn1cc(CN(Cc2cccc(N)c2)C2CC2)cn1. The second-order valence-electron chi connectivity index (χ2n) is 5.59. The summed E-state index contributed by atoms with van der Waals surface area (Å²) >= 11 is 0. The smallest absolute Gasteiger partial charge is 0.0534 e. The van der Waals surface area contributed by atoms with Gasteiger partial charge in [0.2, 0.25) is 0 Å². The highest BCUT2D eigenvalue weighted by Gasteiger charge is 2.29. The maximum Gasteiger partial charge on any atom is 0.0534 e. The Kier molecular flexibility index (Phi) is 3.74. The van der Waals surface area contributed by atoms with Crippen LogP contribution >= 0.6 is 0 Å². The van der Waals surface area contributed by atoms with Gasteiger partial charge in [0.1, 0.15) is 0 Å². The highest BCUT2D eigenvalue weighted by atomic mass is 15.3. The van der Waals surface area contributed by atoms with Crippen molar-refractivity contribution >= 4 is 5.69 Å². The van der Waals surface area contributed by atoms with E-state index >= 15 is 0 Å². The van der Waals surface area contributed by atoms with Gasteiger partial charge in [-0.3, -0.25) is 9.58 Å². The summed E-state index contributed by atoms with van der Waals surface area (Å²) in [4.78, 5) is 2.53. The summed E-state index contributed by atoms with van der Waals surface area (Å²) in [6, 6.07) is 8.93. The molecular formula is C16H22N4. The summed E-state index contributed by atoms with van der Waals surface area (Å²) in [7, 11) is 0. The predicted octanol–water partition coefficient (Wildman–Crippen LogP) is 2.65. The third kappa shape index (κ3) is 3.20. The number of hydrogen-bond donors (Lipinski definition) is 1. The lowest BCUT2D eigenvalue weighted by Gasteiger charge is -2.21. The van der Waals surface area contributed by atoms with Crippen molar-refractivity contribution in [3.05, 3.63) is 47.8 Å². The minimum absolute atomic E-state index is 0.724. The van der Waals surface area contributed by atoms with Gasteiger partial charge in [0.25, 0.3) is 0 Å². The standard InChI is InChI=1S/C16H22N4/c1-2-20-12-14(9-18-20)11-19(16-6-7-16)10-13-4-3-5-15(17)8-13/h3-5,8-9,12,16H,2,6-7,10-11,17H2,1H3. The molecule has 4 heteroatoms. The number of hydrogen-bond acceptors (Lipinski definition) is 3. The van der Waals surface area contributed by atoms with E-state index in [1.807, 2.05) is 23.0 Å². The monoisotopic (exact) mass is 270 g/mol. The van der Waals surface area contributed by atoms with E-state index in [-0.39, 0.29) is 0 Å². The summed E-state index contributed by atoms with van der Waals surface area (Å²) in [6.07, 6.45) is 6.75. The number of benzene rings is 1. The van der Waals surface area contributed by atoms with E-state index in [1.54, 1.807) is 0 Å². The van der Waals surface area contributed by atoms with Crippen LogP contribution in [-0.4, -0.2) is 20.7 Å². The van der Waals surface area contributed by atoms with E-state index < -0.39 is 0 Å². The Bertz CT molecular complexity index is 571. The van der Waals surface area contributed by atoms with Crippen LogP contribution in [0.2, 0.25) is 0 Å². The summed E-state index contributed by atoms with van der Waals surface area (Å²) in [5, 5.41) is 4.36. The Balaban J connectivity index is 1.69. The predicted molar refractivity (Wildman–Crippen MR) is 81.0 cm³/mol. The van der Waals surface area contributed by atoms with Crippen molar-refractivity contribution in [1.82, 2.24) is 14.7 Å². The van der Waals surface area contributed by atoms with Crippen LogP contribution in [0.4, 0.5) is 5.69 Å². The fourth-order valence-corrected chi connectivity index (χ4v) is 2.58. The lowest BCUT2D eigenvalue weighted by Crippen LogP contribution is -2.24. The van der Waals surface area contributed by atoms with Crippen LogP contribution < -0.4 is 5.73 Å². The molecule has 0 bridgehead atoms. The molecule has 1 aliphatic rings. The fourth-order valence-electron chi connectivity index (χ4n) is 2.58. The molecule has 20 heavy (non-hydrogen) atoms. The van der Waals surface area contributed by atoms with Gasteiger partial charge in [-0.05, 0) is 37.5 Å². The zero-order valence-corrected chi connectivity index (χ0v) is 12.0. The first-order valence-electron chi connectivity index (χ1n) is 7.34. The van der Waals surface area contributed by atoms with Crippen molar-refractivity contribution in [1.29, 1.82) is 0 Å². The number of aromatic nitrogens is 2. The number of rotatable bonds is 6. The van der Waals surface area contributed by atoms with Crippen molar-refractivity contribution in [3.63, 3.8) is 0 Å². The third-order valence-corrected chi connectivity index (χ3v) is 3.80. The lowest BCUT2D eigenvalue weighted by molar-refractivity contribution is 0.246. The Morgan fingerprint density at radius 3 is 2.75 bits per heavy atom. The maximum atomic E-state index is 5.87. The number of nitrogens with two attached hydrogens (primary N) is 1. The molecule has 1 fully saturated rings. The number of anilines is 1. The molecule has 0 aliphatic heterocycles. The average molecular weight is 270 g/mol. The van der Waals surface area contributed by atoms with Gasteiger partial charge in [0.15, 0.2) is 0 Å². The molecule has 0 unspecified atom stereocenters. The molecule has 0 atom stereocenters. The molecule has 0 spiro atoms. The van der Waals surface area contributed by atoms with Crippen LogP contribution in [0.15, 0.2) is 36.7 Å². The fraction of sp³-hybridized carbons (Fsp3) is 0.438. The molecule has 1 aliphatic carbocycles. The van der Waals surface area contributed by atoms with Gasteiger partial charge in [-0.25, -0.2) is 0 Å². The Morgan fingerprint density at radius 2 is 2.10 bits per heavy atom. The molecule has 0 radical (unpaired) electrons. The van der Waals surface area contributed by atoms with E-state index in [9.17, 15) is 0 Å². The molecule has 1 aromatic carbocycles. The second-order valence-corrected chi connectivity index (χ2v) is 5.59. The number of aryl methyl sites for hydroxylation is 1. The van der Waals surface area contributed by atoms with E-state index in [0.717, 1.165) is 31.4 Å². The quantitative estimate of drug-likeness (QED) is 0.821. The van der Waals surface area contributed by atoms with Gasteiger partial charge in [-0.2, -0.15) is 5.10 Å². The van der Waals surface area contributed by atoms with E-state index in [2.05, 4.69) is 35.3 Å².